The zero-order chi connectivity index (χ0) is 21.6. The maximum Gasteiger partial charge on any atom is 0.137 e. The minimum Gasteiger partial charge on any atom is -0.492 e. The van der Waals surface area contributed by atoms with Gasteiger partial charge >= 0.3 is 0 Å². The molecule has 2 aromatic rings. The Balaban J connectivity index is 1.54. The Morgan fingerprint density at radius 3 is 2.60 bits per heavy atom. The van der Waals surface area contributed by atoms with Crippen molar-refractivity contribution < 1.29 is 24.1 Å². The summed E-state index contributed by atoms with van der Waals surface area (Å²) in [6, 6.07) is 13.7. The first-order chi connectivity index (χ1) is 14.3. The van der Waals surface area contributed by atoms with Gasteiger partial charge in [-0.15, -0.1) is 0 Å². The molecule has 1 saturated heterocycles. The smallest absolute Gasteiger partial charge is 0.137 e. The summed E-state index contributed by atoms with van der Waals surface area (Å²) < 4.78 is 24.6. The summed E-state index contributed by atoms with van der Waals surface area (Å²) >= 11 is 0. The Hall–Kier alpha value is -2.19. The normalized spacial score (nSPS) is 22.3. The van der Waals surface area contributed by atoms with Crippen molar-refractivity contribution in [1.29, 1.82) is 0 Å². The fourth-order valence-corrected chi connectivity index (χ4v) is 3.48. The summed E-state index contributed by atoms with van der Waals surface area (Å²) in [4.78, 5) is 4.15. The van der Waals surface area contributed by atoms with E-state index in [-0.39, 0.29) is 13.2 Å². The van der Waals surface area contributed by atoms with Crippen LogP contribution in [-0.2, 0) is 6.54 Å². The Morgan fingerprint density at radius 2 is 1.90 bits per heavy atom. The topological polar surface area (TPSA) is 65.4 Å². The first-order valence-corrected chi connectivity index (χ1v) is 10.2. The fraction of sp³-hybridized carbons (Fsp3) is 0.478. The highest BCUT2D eigenvalue weighted by atomic mass is 19.1. The zero-order valence-electron chi connectivity index (χ0n) is 17.6. The van der Waals surface area contributed by atoms with E-state index in [1.807, 2.05) is 38.4 Å². The number of likely N-dealkylation sites (tertiary alicyclic amines) is 1. The number of halogens is 1. The molecule has 7 heteroatoms. The molecule has 1 fully saturated rings. The minimum absolute atomic E-state index is 0.104. The van der Waals surface area contributed by atoms with Crippen molar-refractivity contribution in [2.45, 2.75) is 24.7 Å². The number of aliphatic hydroxyl groups is 2. The maximum atomic E-state index is 13.3. The van der Waals surface area contributed by atoms with Crippen LogP contribution in [0.4, 0.5) is 4.39 Å². The lowest BCUT2D eigenvalue weighted by atomic mass is 9.90. The van der Waals surface area contributed by atoms with Gasteiger partial charge in [-0.1, -0.05) is 18.2 Å². The first kappa shape index (κ1) is 22.5. The average Bonchev–Trinajstić information content (AvgIpc) is 2.71. The highest BCUT2D eigenvalue weighted by Gasteiger charge is 2.42. The number of likely N-dealkylation sites (N-methyl/N-ethyl adjacent to an activating group) is 1. The molecule has 0 bridgehead atoms. The molecular formula is C23H31FN2O4. The number of benzene rings is 2. The van der Waals surface area contributed by atoms with E-state index in [0.29, 0.717) is 31.9 Å². The molecule has 1 aliphatic heterocycles. The van der Waals surface area contributed by atoms with E-state index in [1.54, 1.807) is 12.1 Å². The van der Waals surface area contributed by atoms with Gasteiger partial charge in [0.2, 0.25) is 0 Å². The molecule has 0 aliphatic carbocycles. The summed E-state index contributed by atoms with van der Waals surface area (Å²) in [6.07, 6.45) is -0.454. The van der Waals surface area contributed by atoms with E-state index in [1.165, 1.54) is 12.1 Å². The van der Waals surface area contributed by atoms with Crippen LogP contribution in [0.15, 0.2) is 48.5 Å². The Bertz CT molecular complexity index is 802. The van der Waals surface area contributed by atoms with Crippen LogP contribution in [0.3, 0.4) is 0 Å². The van der Waals surface area contributed by atoms with Gasteiger partial charge in [0.1, 0.15) is 36.1 Å². The maximum absolute atomic E-state index is 13.3. The molecule has 2 N–H and O–H groups in total. The third-order valence-corrected chi connectivity index (χ3v) is 5.26. The van der Waals surface area contributed by atoms with Gasteiger partial charge in [0.15, 0.2) is 0 Å². The summed E-state index contributed by atoms with van der Waals surface area (Å²) in [5, 5.41) is 21.3. The monoisotopic (exact) mass is 418 g/mol. The molecule has 0 saturated carbocycles. The number of nitrogens with zero attached hydrogens (tertiary/aromatic N) is 2. The van der Waals surface area contributed by atoms with Crippen LogP contribution in [-0.4, -0.2) is 78.7 Å². The number of ether oxygens (including phenoxy) is 2. The van der Waals surface area contributed by atoms with Crippen molar-refractivity contribution >= 4 is 0 Å². The molecule has 30 heavy (non-hydrogen) atoms. The minimum atomic E-state index is -1.42. The second-order valence-corrected chi connectivity index (χ2v) is 8.16. The van der Waals surface area contributed by atoms with Crippen molar-refractivity contribution in [3.05, 3.63) is 59.9 Å². The number of piperidine rings is 1. The number of hydrogen-bond acceptors (Lipinski definition) is 6. The van der Waals surface area contributed by atoms with Gasteiger partial charge in [-0.3, -0.25) is 4.90 Å². The number of β-amino-alcohol motifs (C(OH)–C–C–N with tert-alkyl or cyclic N) is 1. The fourth-order valence-electron chi connectivity index (χ4n) is 3.48. The van der Waals surface area contributed by atoms with E-state index < -0.39 is 17.5 Å². The van der Waals surface area contributed by atoms with E-state index in [9.17, 15) is 14.6 Å². The summed E-state index contributed by atoms with van der Waals surface area (Å²) in [5.74, 6) is 0.756. The molecule has 1 aliphatic rings. The van der Waals surface area contributed by atoms with Gasteiger partial charge in [0.05, 0.1) is 6.10 Å². The van der Waals surface area contributed by atoms with Crippen LogP contribution in [0, 0.1) is 5.82 Å². The predicted molar refractivity (Wildman–Crippen MR) is 113 cm³/mol. The van der Waals surface area contributed by atoms with Crippen molar-refractivity contribution in [2.24, 2.45) is 0 Å². The molecule has 2 aromatic carbocycles. The van der Waals surface area contributed by atoms with E-state index in [2.05, 4.69) is 9.80 Å². The number of aliphatic hydroxyl groups excluding tert-OH is 1. The van der Waals surface area contributed by atoms with E-state index >= 15 is 0 Å². The van der Waals surface area contributed by atoms with Crippen LogP contribution >= 0.6 is 0 Å². The average molecular weight is 419 g/mol. The Labute approximate surface area is 177 Å². The molecule has 0 unspecified atom stereocenters. The zero-order valence-corrected chi connectivity index (χ0v) is 17.6. The molecule has 3 rings (SSSR count). The summed E-state index contributed by atoms with van der Waals surface area (Å²) in [5.41, 5.74) is -0.320. The van der Waals surface area contributed by atoms with E-state index in [4.69, 9.17) is 9.47 Å². The first-order valence-electron chi connectivity index (χ1n) is 10.2. The van der Waals surface area contributed by atoms with Crippen molar-refractivity contribution in [3.8, 4) is 11.5 Å². The van der Waals surface area contributed by atoms with Crippen LogP contribution in [0.25, 0.3) is 0 Å². The Kier molecular flexibility index (Phi) is 7.66. The predicted octanol–water partition coefficient (Wildman–Crippen LogP) is 2.14. The second kappa shape index (κ2) is 10.2. The van der Waals surface area contributed by atoms with Gasteiger partial charge in [0, 0.05) is 32.2 Å². The molecule has 164 valence electrons. The van der Waals surface area contributed by atoms with Gasteiger partial charge < -0.3 is 24.6 Å². The largest absolute Gasteiger partial charge is 0.492 e. The third kappa shape index (κ3) is 6.40. The third-order valence-electron chi connectivity index (χ3n) is 5.26. The van der Waals surface area contributed by atoms with Crippen molar-refractivity contribution in [2.75, 3.05) is 46.9 Å². The lowest BCUT2D eigenvalue weighted by Gasteiger charge is -2.42. The molecule has 0 spiro atoms. The standard InChI is InChI=1S/C23H31FN2O4/c1-25(2)12-13-29-20-8-6-18(7-9-20)15-26-11-10-22(27)23(28,16-26)17-30-21-5-3-4-19(24)14-21/h3-9,14,22,27-28H,10-13,15-17H2,1-2H3/t22-,23-/m0/s1. The Morgan fingerprint density at radius 1 is 1.13 bits per heavy atom. The van der Waals surface area contributed by atoms with Gasteiger partial charge in [0.25, 0.3) is 0 Å². The molecule has 2 atom stereocenters. The quantitative estimate of drug-likeness (QED) is 0.651. The highest BCUT2D eigenvalue weighted by molar-refractivity contribution is 5.27. The van der Waals surface area contributed by atoms with Crippen molar-refractivity contribution in [1.82, 2.24) is 9.80 Å². The number of hydrogen-bond donors (Lipinski definition) is 2. The van der Waals surface area contributed by atoms with Crippen molar-refractivity contribution in [3.63, 3.8) is 0 Å². The van der Waals surface area contributed by atoms with Crippen LogP contribution in [0.2, 0.25) is 0 Å². The molecular weight excluding hydrogens is 387 g/mol. The molecule has 0 aromatic heterocycles. The number of rotatable bonds is 9. The molecule has 1 heterocycles. The SMILES string of the molecule is CN(C)CCOc1ccc(CN2CC[C@H](O)[C@@](O)(COc3cccc(F)c3)C2)cc1. The molecule has 6 nitrogen and oxygen atoms in total. The molecule has 0 radical (unpaired) electrons. The lowest BCUT2D eigenvalue weighted by molar-refractivity contribution is -0.140. The van der Waals surface area contributed by atoms with Gasteiger partial charge in [-0.25, -0.2) is 4.39 Å². The summed E-state index contributed by atoms with van der Waals surface area (Å²) in [7, 11) is 4.01. The second-order valence-electron chi connectivity index (χ2n) is 8.16. The van der Waals surface area contributed by atoms with Crippen LogP contribution < -0.4 is 9.47 Å². The van der Waals surface area contributed by atoms with Gasteiger partial charge in [-0.05, 0) is 50.3 Å². The highest BCUT2D eigenvalue weighted by Crippen LogP contribution is 2.25. The van der Waals surface area contributed by atoms with Gasteiger partial charge in [-0.2, -0.15) is 0 Å². The summed E-state index contributed by atoms with van der Waals surface area (Å²) in [6.45, 7) is 2.97. The lowest BCUT2D eigenvalue weighted by Crippen LogP contribution is -2.59. The van der Waals surface area contributed by atoms with Crippen LogP contribution in [0.1, 0.15) is 12.0 Å². The van der Waals surface area contributed by atoms with Crippen LogP contribution in [0.5, 0.6) is 11.5 Å². The van der Waals surface area contributed by atoms with E-state index in [0.717, 1.165) is 17.9 Å². The molecule has 0 amide bonds.